The monoisotopic (exact) mass is 1380 g/mol. The molecule has 0 amide bonds. The first-order valence-corrected chi connectivity index (χ1v) is 37.0. The summed E-state index contributed by atoms with van der Waals surface area (Å²) in [5, 5.41) is 3.77. The molecule has 0 atom stereocenters. The summed E-state index contributed by atoms with van der Waals surface area (Å²) in [6.07, 6.45) is 28.6. The van der Waals surface area contributed by atoms with Crippen molar-refractivity contribution in [3.63, 3.8) is 0 Å². The van der Waals surface area contributed by atoms with Gasteiger partial charge >= 0.3 is 7.12 Å². The molecule has 5 aliphatic rings. The van der Waals surface area contributed by atoms with E-state index in [4.69, 9.17) is 43.2 Å². The van der Waals surface area contributed by atoms with Crippen LogP contribution in [0.15, 0.2) is 132 Å². The van der Waals surface area contributed by atoms with E-state index in [-0.39, 0.29) is 33.7 Å². The van der Waals surface area contributed by atoms with Gasteiger partial charge in [-0.05, 0) is 197 Å². The second-order valence-corrected chi connectivity index (χ2v) is 30.0. The number of hydrogen-bond acceptors (Lipinski definition) is 14. The van der Waals surface area contributed by atoms with Crippen LogP contribution in [0.25, 0.3) is 66.1 Å². The lowest BCUT2D eigenvalue weighted by Crippen LogP contribution is -2.41. The van der Waals surface area contributed by atoms with Gasteiger partial charge in [-0.25, -0.2) is 9.97 Å². The van der Waals surface area contributed by atoms with Crippen LogP contribution in [0, 0.1) is 0 Å². The third-order valence-corrected chi connectivity index (χ3v) is 23.9. The van der Waals surface area contributed by atoms with Crippen LogP contribution in [0.2, 0.25) is 0 Å². The molecule has 10 aromatic rings. The number of ether oxygens (including phenoxy) is 4. The Balaban J connectivity index is 0.000000133. The van der Waals surface area contributed by atoms with Gasteiger partial charge in [-0.1, -0.05) is 115 Å². The van der Waals surface area contributed by atoms with Crippen molar-refractivity contribution in [1.82, 2.24) is 39.9 Å². The van der Waals surface area contributed by atoms with Crippen molar-refractivity contribution in [2.75, 3.05) is 63.4 Å². The standard InChI is InChI=1S/C26H35O2P.C22H23N5O.C17H19BrN4O.C11H16BNO2.CH4/c1-27-23-17-11-18-24(28-2)26(23)22-16-9-10-19-25(22)29(20-12-5-3-6-13-20)21-14-7-4-8-15-21;1-2-28-21-20-19(25-22(26-21)27-13-4-3-5-14-27)17-8-6-7-16(18(17)24-20)15-9-11-23-12-10-15;1-2-23-16-15-14(11-7-6-8-12(18)13(11)19-15)20-17(21-16)22-9-4-3-5-10-22;1-10(2)11(3,4)15-12(14-10)9-5-7-13-8-6-9;/h9-11,16-21H,3-8,12-15H2,1-2H3;6-12,24H,2-5,13-14H2,1H3;6-8,19H,2-5,9-10H2,1H3;5-8H,1-4H3;1H4. The molecule has 19 heteroatoms. The Hall–Kier alpha value is -7.37. The molecule has 506 valence electrons. The number of fused-ring (bicyclic) bond motifs is 6. The summed E-state index contributed by atoms with van der Waals surface area (Å²) in [5.74, 6) is 4.65. The zero-order chi connectivity index (χ0) is 65.9. The summed E-state index contributed by atoms with van der Waals surface area (Å²) < 4.78 is 36.1. The molecule has 2 saturated carbocycles. The minimum atomic E-state index is -0.280. The van der Waals surface area contributed by atoms with Crippen LogP contribution in [0.1, 0.15) is 152 Å². The number of piperidine rings is 2. The molecule has 6 aromatic heterocycles. The Morgan fingerprint density at radius 2 is 0.969 bits per heavy atom. The number of nitrogens with one attached hydrogen (secondary N) is 2. The Kier molecular flexibility index (Phi) is 23.6. The second-order valence-electron chi connectivity index (χ2n) is 26.4. The lowest BCUT2D eigenvalue weighted by Gasteiger charge is -2.39. The van der Waals surface area contributed by atoms with E-state index in [0.717, 1.165) is 131 Å². The highest BCUT2D eigenvalue weighted by Crippen LogP contribution is 2.57. The van der Waals surface area contributed by atoms with Crippen molar-refractivity contribution < 1.29 is 28.3 Å². The molecule has 4 aromatic carbocycles. The Morgan fingerprint density at radius 1 is 0.521 bits per heavy atom. The SMILES string of the molecule is C.CC1(C)OB(c2ccncc2)OC1(C)C.CCOc1nc(N2CCCCC2)nc2c1[nH]c1c(-c3ccncc3)cccc12.CCOc1nc(N2CCCCC2)nc2c1[nH]c1c(Br)cccc12.COc1cccc(OC)c1-c1ccccc1P(C1CCCCC1)C1CCCCC1. The van der Waals surface area contributed by atoms with Crippen LogP contribution < -0.4 is 39.5 Å². The Labute approximate surface area is 577 Å². The van der Waals surface area contributed by atoms with Crippen LogP contribution in [0.5, 0.6) is 23.3 Å². The number of halogens is 1. The minimum Gasteiger partial charge on any atom is -0.496 e. The van der Waals surface area contributed by atoms with Gasteiger partial charge in [0, 0.05) is 71.8 Å². The molecule has 0 bridgehead atoms. The largest absolute Gasteiger partial charge is 0.496 e. The topological polar surface area (TPSA) is 171 Å². The van der Waals surface area contributed by atoms with Gasteiger partial charge < -0.3 is 48.0 Å². The van der Waals surface area contributed by atoms with Crippen molar-refractivity contribution in [3.05, 3.63) is 132 Å². The molecule has 2 N–H and O–H groups in total. The zero-order valence-corrected chi connectivity index (χ0v) is 59.2. The van der Waals surface area contributed by atoms with Gasteiger partial charge in [0.25, 0.3) is 0 Å². The number of aromatic amines is 2. The molecule has 3 saturated heterocycles. The molecule has 2 aliphatic carbocycles. The highest BCUT2D eigenvalue weighted by molar-refractivity contribution is 9.10. The van der Waals surface area contributed by atoms with E-state index >= 15 is 0 Å². The van der Waals surface area contributed by atoms with Crippen molar-refractivity contribution >= 4 is 97.5 Å². The predicted molar refractivity (Wildman–Crippen MR) is 400 cm³/mol. The van der Waals surface area contributed by atoms with E-state index in [1.807, 2.05) is 96.4 Å². The van der Waals surface area contributed by atoms with Gasteiger partial charge in [0.05, 0.1) is 55.2 Å². The maximum absolute atomic E-state index is 5.91. The zero-order valence-electron chi connectivity index (χ0n) is 56.8. The number of para-hydroxylation sites is 2. The maximum Gasteiger partial charge on any atom is 0.494 e. The van der Waals surface area contributed by atoms with Crippen LogP contribution in [-0.4, -0.2) is 123 Å². The van der Waals surface area contributed by atoms with Gasteiger partial charge in [0.2, 0.25) is 23.7 Å². The van der Waals surface area contributed by atoms with Gasteiger partial charge in [-0.2, -0.15) is 9.97 Å². The van der Waals surface area contributed by atoms with E-state index in [9.17, 15) is 0 Å². The normalized spacial score (nSPS) is 17.2. The number of rotatable bonds is 14. The molecule has 0 spiro atoms. The summed E-state index contributed by atoms with van der Waals surface area (Å²) in [5.41, 5.74) is 12.6. The Morgan fingerprint density at radius 3 is 1.48 bits per heavy atom. The average molecular weight is 1380 g/mol. The molecule has 0 radical (unpaired) electrons. The lowest BCUT2D eigenvalue weighted by molar-refractivity contribution is 0.00578. The first-order valence-electron chi connectivity index (χ1n) is 34.7. The van der Waals surface area contributed by atoms with Crippen molar-refractivity contribution in [1.29, 1.82) is 0 Å². The van der Waals surface area contributed by atoms with E-state index in [1.54, 1.807) is 31.9 Å². The first kappa shape index (κ1) is 70.0. The van der Waals surface area contributed by atoms with Crippen molar-refractivity contribution in [2.45, 2.75) is 174 Å². The van der Waals surface area contributed by atoms with E-state index in [2.05, 4.69) is 111 Å². The third-order valence-electron chi connectivity index (χ3n) is 19.7. The molecule has 96 heavy (non-hydrogen) atoms. The first-order chi connectivity index (χ1) is 46.4. The van der Waals surface area contributed by atoms with Crippen LogP contribution in [-0.2, 0) is 9.31 Å². The quantitative estimate of drug-likeness (QED) is 0.0778. The van der Waals surface area contributed by atoms with Crippen molar-refractivity contribution in [2.24, 2.45) is 0 Å². The smallest absolute Gasteiger partial charge is 0.494 e. The molecule has 0 unspecified atom stereocenters. The van der Waals surface area contributed by atoms with Gasteiger partial charge in [0.1, 0.15) is 33.6 Å². The molecular weight excluding hydrogens is 1280 g/mol. The van der Waals surface area contributed by atoms with Crippen molar-refractivity contribution in [3.8, 4) is 45.5 Å². The van der Waals surface area contributed by atoms with E-state index < -0.39 is 0 Å². The number of benzene rings is 4. The number of hydrogen-bond donors (Lipinski definition) is 2. The summed E-state index contributed by atoms with van der Waals surface area (Å²) in [6.45, 7) is 17.4. The summed E-state index contributed by atoms with van der Waals surface area (Å²) in [6, 6.07) is 35.6. The minimum absolute atomic E-state index is 0. The summed E-state index contributed by atoms with van der Waals surface area (Å²) in [4.78, 5) is 38.9. The van der Waals surface area contributed by atoms with Gasteiger partial charge in [0.15, 0.2) is 0 Å². The number of nitrogens with zero attached hydrogens (tertiary/aromatic N) is 8. The summed E-state index contributed by atoms with van der Waals surface area (Å²) >= 11 is 3.60. The lowest BCUT2D eigenvalue weighted by atomic mass is 9.80. The van der Waals surface area contributed by atoms with Gasteiger partial charge in [-0.15, -0.1) is 0 Å². The van der Waals surface area contributed by atoms with Gasteiger partial charge in [-0.3, -0.25) is 9.97 Å². The number of aromatic nitrogens is 8. The average Bonchev–Trinajstić information content (AvgIpc) is 1.46. The molecular formula is C77H97BBrN10O6P. The highest BCUT2D eigenvalue weighted by Gasteiger charge is 2.51. The number of anilines is 2. The van der Waals surface area contributed by atoms with Crippen LogP contribution in [0.4, 0.5) is 11.9 Å². The highest BCUT2D eigenvalue weighted by atomic mass is 79.9. The Bertz CT molecular complexity index is 4100. The van der Waals surface area contributed by atoms with E-state index in [0.29, 0.717) is 25.0 Å². The van der Waals surface area contributed by atoms with Crippen LogP contribution in [0.3, 0.4) is 0 Å². The molecule has 5 fully saturated rings. The molecule has 9 heterocycles. The van der Waals surface area contributed by atoms with E-state index in [1.165, 1.54) is 108 Å². The molecule has 15 rings (SSSR count). The fraction of sp³-hybridized carbons (Fsp3) is 0.455. The molecule has 16 nitrogen and oxygen atoms in total. The predicted octanol–water partition coefficient (Wildman–Crippen LogP) is 18.0. The summed E-state index contributed by atoms with van der Waals surface area (Å²) in [7, 11) is 3.08. The van der Waals surface area contributed by atoms with Crippen LogP contribution >= 0.6 is 23.9 Å². The number of methoxy groups -OCH3 is 2. The molecule has 3 aliphatic heterocycles. The third kappa shape index (κ3) is 15.5. The number of pyridine rings is 2. The number of H-pyrrole nitrogens is 2. The maximum atomic E-state index is 5.91. The second kappa shape index (κ2) is 32.3. The fourth-order valence-corrected chi connectivity index (χ4v) is 18.5. The fourth-order valence-electron chi connectivity index (χ4n) is 14.1.